The van der Waals surface area contributed by atoms with Gasteiger partial charge >= 0.3 is 11.9 Å². The lowest BCUT2D eigenvalue weighted by Crippen LogP contribution is -2.42. The normalized spacial score (nSPS) is 12.3. The lowest BCUT2D eigenvalue weighted by Gasteiger charge is -2.26. The number of anilines is 2. The zero-order valence-electron chi connectivity index (χ0n) is 20.0. The van der Waals surface area contributed by atoms with E-state index in [-0.39, 0.29) is 23.9 Å². The largest absolute Gasteiger partial charge is 0.465 e. The summed E-state index contributed by atoms with van der Waals surface area (Å²) in [6, 6.07) is 7.20. The molecular weight excluding hydrogens is 478 g/mol. The fourth-order valence-electron chi connectivity index (χ4n) is 3.38. The molecular formula is C23H33N3O6S2. The molecule has 0 bridgehead atoms. The second-order valence-electron chi connectivity index (χ2n) is 7.68. The highest BCUT2D eigenvalue weighted by molar-refractivity contribution is 7.92. The van der Waals surface area contributed by atoms with Gasteiger partial charge in [-0.3, -0.25) is 14.3 Å². The maximum Gasteiger partial charge on any atom is 0.322 e. The van der Waals surface area contributed by atoms with E-state index in [0.717, 1.165) is 24.1 Å². The Balaban J connectivity index is 2.24. The maximum atomic E-state index is 12.7. The van der Waals surface area contributed by atoms with E-state index < -0.39 is 33.9 Å². The minimum absolute atomic E-state index is 0.0681. The van der Waals surface area contributed by atoms with Crippen LogP contribution >= 0.6 is 11.5 Å². The molecule has 1 heterocycles. The van der Waals surface area contributed by atoms with Crippen LogP contribution in [0.4, 0.5) is 11.5 Å². The summed E-state index contributed by atoms with van der Waals surface area (Å²) in [5.41, 5.74) is 0.573. The lowest BCUT2D eigenvalue weighted by molar-refractivity contribution is -0.162. The molecule has 0 spiro atoms. The Morgan fingerprint density at radius 2 is 1.65 bits per heavy atom. The number of aromatic nitrogens is 1. The van der Waals surface area contributed by atoms with Gasteiger partial charge in [-0.1, -0.05) is 26.2 Å². The van der Waals surface area contributed by atoms with Gasteiger partial charge in [-0.05, 0) is 69.1 Å². The molecule has 0 aliphatic rings. The van der Waals surface area contributed by atoms with Gasteiger partial charge in [0.1, 0.15) is 0 Å². The van der Waals surface area contributed by atoms with Gasteiger partial charge in [0, 0.05) is 10.6 Å². The van der Waals surface area contributed by atoms with Gasteiger partial charge in [0.25, 0.3) is 10.0 Å². The van der Waals surface area contributed by atoms with Crippen molar-refractivity contribution in [2.45, 2.75) is 64.3 Å². The first-order chi connectivity index (χ1) is 16.2. The Labute approximate surface area is 205 Å². The molecule has 0 saturated carbocycles. The molecule has 2 aromatic rings. The SMILES string of the molecule is CCCCC[C@@H](Nc1ccc(S(=O)(=O)Nc2cc(C)sn2)cc1)C(C(=O)OCC)C(=O)OCC. The van der Waals surface area contributed by atoms with Crippen molar-refractivity contribution in [2.75, 3.05) is 23.3 Å². The van der Waals surface area contributed by atoms with Crippen molar-refractivity contribution in [3.63, 3.8) is 0 Å². The van der Waals surface area contributed by atoms with Crippen LogP contribution in [0.25, 0.3) is 0 Å². The number of ether oxygens (including phenoxy) is 2. The van der Waals surface area contributed by atoms with E-state index in [1.54, 1.807) is 32.0 Å². The van der Waals surface area contributed by atoms with Crippen LogP contribution in [0.15, 0.2) is 35.2 Å². The summed E-state index contributed by atoms with van der Waals surface area (Å²) < 4.78 is 42.1. The first-order valence-corrected chi connectivity index (χ1v) is 13.6. The van der Waals surface area contributed by atoms with E-state index in [9.17, 15) is 18.0 Å². The summed E-state index contributed by atoms with van der Waals surface area (Å²) in [4.78, 5) is 26.2. The molecule has 9 nitrogen and oxygen atoms in total. The smallest absolute Gasteiger partial charge is 0.322 e. The Hall–Kier alpha value is -2.66. The van der Waals surface area contributed by atoms with Crippen LogP contribution in [0.1, 0.15) is 51.3 Å². The summed E-state index contributed by atoms with van der Waals surface area (Å²) in [5, 5.41) is 3.22. The van der Waals surface area contributed by atoms with Crippen molar-refractivity contribution in [1.29, 1.82) is 0 Å². The molecule has 0 radical (unpaired) electrons. The summed E-state index contributed by atoms with van der Waals surface area (Å²) in [5.74, 6) is -2.14. The van der Waals surface area contributed by atoms with Gasteiger partial charge in [0.2, 0.25) is 0 Å². The summed E-state index contributed by atoms with van der Waals surface area (Å²) in [7, 11) is -3.80. The molecule has 2 rings (SSSR count). The van der Waals surface area contributed by atoms with Crippen molar-refractivity contribution in [2.24, 2.45) is 5.92 Å². The highest BCUT2D eigenvalue weighted by Crippen LogP contribution is 2.24. The van der Waals surface area contributed by atoms with Crippen LogP contribution in [0.2, 0.25) is 0 Å². The van der Waals surface area contributed by atoms with Crippen LogP contribution in [-0.4, -0.2) is 44.0 Å². The van der Waals surface area contributed by atoms with E-state index in [1.165, 1.54) is 23.7 Å². The van der Waals surface area contributed by atoms with Gasteiger partial charge in [-0.15, -0.1) is 0 Å². The third kappa shape index (κ3) is 7.98. The number of benzene rings is 1. The minimum atomic E-state index is -3.80. The molecule has 0 aliphatic heterocycles. The number of carbonyl (C=O) groups excluding carboxylic acids is 2. The van der Waals surface area contributed by atoms with Crippen LogP contribution < -0.4 is 10.0 Å². The first kappa shape index (κ1) is 27.6. The van der Waals surface area contributed by atoms with Crippen molar-refractivity contribution in [1.82, 2.24) is 4.37 Å². The molecule has 1 atom stereocenters. The highest BCUT2D eigenvalue weighted by Gasteiger charge is 2.37. The number of hydrogen-bond donors (Lipinski definition) is 2. The Kier molecular flexibility index (Phi) is 10.8. The molecule has 1 aromatic carbocycles. The zero-order chi connectivity index (χ0) is 25.1. The van der Waals surface area contributed by atoms with Crippen molar-refractivity contribution in [3.05, 3.63) is 35.2 Å². The standard InChI is InChI=1S/C23H33N3O6S2/c1-5-8-9-10-19(21(22(27)31-6-2)23(28)32-7-3)24-17-11-13-18(14-12-17)34(29,30)26-20-15-16(4)33-25-20/h11-15,19,21,24H,5-10H2,1-4H3,(H,25,26)/t19-/m1/s1. The molecule has 1 aromatic heterocycles. The molecule has 0 amide bonds. The minimum Gasteiger partial charge on any atom is -0.465 e. The second kappa shape index (κ2) is 13.3. The van der Waals surface area contributed by atoms with Gasteiger partial charge < -0.3 is 14.8 Å². The van der Waals surface area contributed by atoms with Crippen LogP contribution in [0.5, 0.6) is 0 Å². The molecule has 0 unspecified atom stereocenters. The Morgan fingerprint density at radius 1 is 1.03 bits per heavy atom. The summed E-state index contributed by atoms with van der Waals surface area (Å²) in [6.45, 7) is 7.56. The number of nitrogens with one attached hydrogen (secondary N) is 2. The van der Waals surface area contributed by atoms with Gasteiger partial charge in [-0.2, -0.15) is 4.37 Å². The van der Waals surface area contributed by atoms with E-state index in [1.807, 2.05) is 6.92 Å². The van der Waals surface area contributed by atoms with E-state index in [0.29, 0.717) is 12.1 Å². The fraction of sp³-hybridized carbons (Fsp3) is 0.522. The zero-order valence-corrected chi connectivity index (χ0v) is 21.6. The van der Waals surface area contributed by atoms with E-state index in [4.69, 9.17) is 9.47 Å². The number of rotatable bonds is 14. The summed E-state index contributed by atoms with van der Waals surface area (Å²) in [6.07, 6.45) is 3.26. The number of carbonyl (C=O) groups is 2. The van der Waals surface area contributed by atoms with Gasteiger partial charge in [0.15, 0.2) is 11.7 Å². The second-order valence-corrected chi connectivity index (χ2v) is 10.4. The van der Waals surface area contributed by atoms with Gasteiger partial charge in [0.05, 0.1) is 24.2 Å². The lowest BCUT2D eigenvalue weighted by atomic mass is 9.94. The quantitative estimate of drug-likeness (QED) is 0.218. The van der Waals surface area contributed by atoms with Crippen LogP contribution in [0, 0.1) is 12.8 Å². The number of esters is 2. The molecule has 0 aliphatic carbocycles. The number of unbranched alkanes of at least 4 members (excludes halogenated alkanes) is 2. The van der Waals surface area contributed by atoms with E-state index in [2.05, 4.69) is 21.3 Å². The molecule has 2 N–H and O–H groups in total. The van der Waals surface area contributed by atoms with Crippen molar-refractivity contribution < 1.29 is 27.5 Å². The third-order valence-electron chi connectivity index (χ3n) is 4.99. The molecule has 11 heteroatoms. The Bertz CT molecular complexity index is 1020. The topological polar surface area (TPSA) is 124 Å². The summed E-state index contributed by atoms with van der Waals surface area (Å²) >= 11 is 1.21. The first-order valence-electron chi connectivity index (χ1n) is 11.4. The molecule has 34 heavy (non-hydrogen) atoms. The predicted molar refractivity (Wildman–Crippen MR) is 132 cm³/mol. The highest BCUT2D eigenvalue weighted by atomic mass is 32.2. The maximum absolute atomic E-state index is 12.7. The van der Waals surface area contributed by atoms with Crippen LogP contribution in [0.3, 0.4) is 0 Å². The molecule has 0 saturated heterocycles. The van der Waals surface area contributed by atoms with E-state index >= 15 is 0 Å². The molecule has 188 valence electrons. The number of hydrogen-bond acceptors (Lipinski definition) is 9. The fourth-order valence-corrected chi connectivity index (χ4v) is 4.94. The number of nitrogens with zero attached hydrogens (tertiary/aromatic N) is 1. The average Bonchev–Trinajstić information content (AvgIpc) is 3.18. The van der Waals surface area contributed by atoms with Crippen LogP contribution in [-0.2, 0) is 29.1 Å². The number of sulfonamides is 1. The monoisotopic (exact) mass is 511 g/mol. The Morgan fingerprint density at radius 3 is 2.15 bits per heavy atom. The van der Waals surface area contributed by atoms with Gasteiger partial charge in [-0.25, -0.2) is 8.42 Å². The molecule has 0 fully saturated rings. The predicted octanol–water partition coefficient (Wildman–Crippen LogP) is 4.36. The van der Waals surface area contributed by atoms with Crippen molar-refractivity contribution >= 4 is 45.0 Å². The van der Waals surface area contributed by atoms with Crippen molar-refractivity contribution in [3.8, 4) is 0 Å². The average molecular weight is 512 g/mol. The number of aryl methyl sites for hydroxylation is 1. The third-order valence-corrected chi connectivity index (χ3v) is 7.05.